The largest absolute Gasteiger partial charge is 0.496 e. The second-order valence-corrected chi connectivity index (χ2v) is 22.2. The number of hydrogen-bond acceptors (Lipinski definition) is 11. The first-order chi connectivity index (χ1) is 34.0. The molecule has 1 atom stereocenters. The van der Waals surface area contributed by atoms with Gasteiger partial charge in [0.2, 0.25) is 0 Å². The smallest absolute Gasteiger partial charge is 0.293 e. The molecular weight excluding hydrogens is 902 g/mol. The highest BCUT2D eigenvalue weighted by Gasteiger charge is 2.55. The first-order valence-corrected chi connectivity index (χ1v) is 26.1. The maximum absolute atomic E-state index is 14.7. The molecule has 1 spiro atoms. The predicted octanol–water partition coefficient (Wildman–Crippen LogP) is 12.1. The van der Waals surface area contributed by atoms with Crippen LogP contribution in [0.15, 0.2) is 107 Å². The molecule has 2 aromatic heterocycles. The molecule has 0 amide bonds. The molecular formula is C56H64FN7O5S. The van der Waals surface area contributed by atoms with E-state index in [-0.39, 0.29) is 22.1 Å². The zero-order chi connectivity index (χ0) is 48.1. The lowest BCUT2D eigenvalue weighted by Gasteiger charge is -2.63. The highest BCUT2D eigenvalue weighted by molar-refractivity contribution is 7.99. The van der Waals surface area contributed by atoms with Gasteiger partial charge in [-0.15, -0.1) is 0 Å². The molecule has 0 radical (unpaired) electrons. The topological polar surface area (TPSA) is 132 Å². The third kappa shape index (κ3) is 9.72. The summed E-state index contributed by atoms with van der Waals surface area (Å²) in [6, 6.07) is 29.9. The Balaban J connectivity index is 0.794. The van der Waals surface area contributed by atoms with E-state index in [0.29, 0.717) is 69.5 Å². The van der Waals surface area contributed by atoms with Gasteiger partial charge in [-0.05, 0) is 128 Å². The monoisotopic (exact) mass is 965 g/mol. The minimum Gasteiger partial charge on any atom is -0.496 e. The van der Waals surface area contributed by atoms with Crippen LogP contribution in [-0.4, -0.2) is 88.3 Å². The number of rotatable bonds is 16. The molecule has 0 bridgehead atoms. The summed E-state index contributed by atoms with van der Waals surface area (Å²) in [7, 11) is 1.80. The Morgan fingerprint density at radius 1 is 0.957 bits per heavy atom. The quantitative estimate of drug-likeness (QED) is 0.0633. The van der Waals surface area contributed by atoms with E-state index < -0.39 is 5.82 Å². The lowest BCUT2D eigenvalue weighted by molar-refractivity contribution is -0.384. The molecule has 11 rings (SSSR count). The van der Waals surface area contributed by atoms with Crippen LogP contribution in [0.2, 0.25) is 0 Å². The molecule has 2 saturated heterocycles. The molecule has 3 saturated carbocycles. The lowest BCUT2D eigenvalue weighted by Crippen LogP contribution is -2.68. The third-order valence-electron chi connectivity index (χ3n) is 15.8. The average molecular weight is 966 g/mol. The van der Waals surface area contributed by atoms with Gasteiger partial charge in [-0.1, -0.05) is 62.0 Å². The third-order valence-corrected chi connectivity index (χ3v) is 16.9. The fraction of sp³-hybridized carbons (Fsp3) is 0.446. The van der Waals surface area contributed by atoms with Crippen LogP contribution in [0.5, 0.6) is 17.2 Å². The zero-order valence-corrected chi connectivity index (χ0v) is 41.2. The Kier molecular flexibility index (Phi) is 13.0. The molecule has 2 aliphatic heterocycles. The molecule has 12 nitrogen and oxygen atoms in total. The van der Waals surface area contributed by atoms with Gasteiger partial charge >= 0.3 is 0 Å². The number of hydrogen-bond donors (Lipinski definition) is 3. The van der Waals surface area contributed by atoms with E-state index in [1.807, 2.05) is 18.2 Å². The van der Waals surface area contributed by atoms with Gasteiger partial charge in [-0.25, -0.2) is 9.37 Å². The molecule has 3 N–H and O–H groups in total. The Hall–Kier alpha value is -5.67. The van der Waals surface area contributed by atoms with Crippen LogP contribution in [0.4, 0.5) is 21.5 Å². The second-order valence-electron chi connectivity index (χ2n) is 21.1. The lowest BCUT2D eigenvalue weighted by atomic mass is 9.59. The van der Waals surface area contributed by atoms with Crippen molar-refractivity contribution in [3.63, 3.8) is 0 Å². The number of aliphatic hydroxyl groups is 1. The number of aromatic amines is 1. The van der Waals surface area contributed by atoms with E-state index in [9.17, 15) is 19.6 Å². The first-order valence-electron chi connectivity index (χ1n) is 25.3. The number of nitro groups is 1. The van der Waals surface area contributed by atoms with Gasteiger partial charge in [0.05, 0.1) is 34.6 Å². The van der Waals surface area contributed by atoms with E-state index in [0.717, 1.165) is 94.1 Å². The maximum Gasteiger partial charge on any atom is 0.293 e. The van der Waals surface area contributed by atoms with Gasteiger partial charge in [0, 0.05) is 92.2 Å². The number of nitro benzene ring substituents is 1. The highest BCUT2D eigenvalue weighted by atomic mass is 32.2. The molecule has 366 valence electrons. The van der Waals surface area contributed by atoms with Gasteiger partial charge in [0.1, 0.15) is 34.4 Å². The summed E-state index contributed by atoms with van der Waals surface area (Å²) in [5, 5.41) is 26.0. The van der Waals surface area contributed by atoms with Crippen LogP contribution in [0.1, 0.15) is 105 Å². The van der Waals surface area contributed by atoms with E-state index in [2.05, 4.69) is 92.4 Å². The number of methoxy groups -OCH3 is 1. The van der Waals surface area contributed by atoms with Crippen molar-refractivity contribution < 1.29 is 23.9 Å². The van der Waals surface area contributed by atoms with Crippen molar-refractivity contribution in [1.29, 1.82) is 0 Å². The van der Waals surface area contributed by atoms with Crippen molar-refractivity contribution in [1.82, 2.24) is 19.8 Å². The summed E-state index contributed by atoms with van der Waals surface area (Å²) in [6.45, 7) is 11.1. The summed E-state index contributed by atoms with van der Waals surface area (Å²) in [5.74, 6) is 3.04. The van der Waals surface area contributed by atoms with Crippen LogP contribution < -0.4 is 19.7 Å². The zero-order valence-electron chi connectivity index (χ0n) is 40.4. The van der Waals surface area contributed by atoms with Crippen molar-refractivity contribution in [3.8, 4) is 17.2 Å². The molecule has 4 aromatic carbocycles. The van der Waals surface area contributed by atoms with Crippen LogP contribution in [0.25, 0.3) is 11.0 Å². The molecule has 14 heteroatoms. The fourth-order valence-corrected chi connectivity index (χ4v) is 12.8. The number of fused-ring (bicyclic) bond motifs is 1. The summed E-state index contributed by atoms with van der Waals surface area (Å²) in [4.78, 5) is 28.7. The first kappa shape index (κ1) is 46.7. The maximum atomic E-state index is 14.7. The molecule has 0 unspecified atom stereocenters. The average Bonchev–Trinajstić information content (AvgIpc) is 4.13. The summed E-state index contributed by atoms with van der Waals surface area (Å²) in [5.41, 5.74) is 7.77. The summed E-state index contributed by atoms with van der Waals surface area (Å²) in [6.07, 6.45) is 10.8. The summed E-state index contributed by atoms with van der Waals surface area (Å²) >= 11 is 1.39. The number of pyridine rings is 1. The molecule has 6 aromatic rings. The fourth-order valence-electron chi connectivity index (χ4n) is 11.9. The van der Waals surface area contributed by atoms with Gasteiger partial charge in [0.15, 0.2) is 0 Å². The number of benzene rings is 4. The van der Waals surface area contributed by atoms with Gasteiger partial charge in [0.25, 0.3) is 5.69 Å². The molecule has 5 fully saturated rings. The number of piperazine rings is 1. The second kappa shape index (κ2) is 19.5. The Bertz CT molecular complexity index is 2870. The highest BCUT2D eigenvalue weighted by Crippen LogP contribution is 2.54. The minimum absolute atomic E-state index is 0.00908. The molecule has 70 heavy (non-hydrogen) atoms. The minimum atomic E-state index is -0.407. The van der Waals surface area contributed by atoms with Crippen LogP contribution in [0, 0.1) is 27.3 Å². The number of halogens is 1. The normalized spacial score (nSPS) is 21.7. The van der Waals surface area contributed by atoms with Gasteiger partial charge in [-0.3, -0.25) is 19.9 Å². The van der Waals surface area contributed by atoms with Crippen LogP contribution in [-0.2, 0) is 6.54 Å². The SMILES string of the molecule is COc1cc(CN2CCN(C3CC4(C3)CN(c3ccc(Sc5ccc(NCC6CCC(O)CC6)c([N+](=O)[O-])c5)c(Oc5cnc6[nH]cc(F)c6c5)c3)C4)[C@H](c3ccccc3C(C)C)C2)ccc1C1CC1. The van der Waals surface area contributed by atoms with Crippen LogP contribution in [0.3, 0.4) is 0 Å². The Morgan fingerprint density at radius 3 is 2.54 bits per heavy atom. The molecule has 5 aliphatic rings. The standard InChI is InChI=1S/C56H64FN7O5S/c1-35(2)44-6-4-5-7-46(44)51-32-61(31-37-10-17-45(38-11-12-38)52(22-37)68-3)20-21-63(51)40-26-56(27-40)33-62(34-56)39-13-19-54(53(23-39)69-42-24-47-48(57)30-60-55(47)59-29-42)70-43-16-18-49(50(25-43)64(66)67)58-28-36-8-14-41(65)15-9-36/h4-7,10,13,16-19,22-25,29-30,35-36,38,40-41,51,58,65H,8-9,11-12,14-15,20-21,26-28,31-34H2,1-3H3,(H,59,60)/t36?,41?,51-/m0/s1. The summed E-state index contributed by atoms with van der Waals surface area (Å²) < 4.78 is 27.2. The molecule has 3 aliphatic carbocycles. The van der Waals surface area contributed by atoms with E-state index >= 15 is 0 Å². The Morgan fingerprint density at radius 2 is 1.77 bits per heavy atom. The number of aliphatic hydroxyl groups excluding tert-OH is 1. The Labute approximate surface area is 414 Å². The van der Waals surface area contributed by atoms with Crippen molar-refractivity contribution in [2.75, 3.05) is 56.6 Å². The number of aromatic nitrogens is 2. The number of anilines is 2. The number of nitrogens with zero attached hydrogens (tertiary/aromatic N) is 5. The van der Waals surface area contributed by atoms with Crippen LogP contribution >= 0.6 is 11.8 Å². The number of nitrogens with one attached hydrogen (secondary N) is 2. The van der Waals surface area contributed by atoms with Gasteiger partial charge in [-0.2, -0.15) is 0 Å². The van der Waals surface area contributed by atoms with E-state index in [1.165, 1.54) is 53.1 Å². The van der Waals surface area contributed by atoms with Crippen molar-refractivity contribution in [3.05, 3.63) is 136 Å². The van der Waals surface area contributed by atoms with Crippen molar-refractivity contribution in [2.24, 2.45) is 11.3 Å². The number of H-pyrrole nitrogens is 1. The van der Waals surface area contributed by atoms with E-state index in [4.69, 9.17) is 9.47 Å². The van der Waals surface area contributed by atoms with Crippen molar-refractivity contribution in [2.45, 2.75) is 112 Å². The number of ether oxygens (including phenoxy) is 2. The predicted molar refractivity (Wildman–Crippen MR) is 274 cm³/mol. The molecule has 4 heterocycles. The van der Waals surface area contributed by atoms with Gasteiger partial charge < -0.3 is 29.8 Å². The van der Waals surface area contributed by atoms with Crippen molar-refractivity contribution >= 4 is 39.9 Å². The van der Waals surface area contributed by atoms with E-state index in [1.54, 1.807) is 31.5 Å².